The number of ether oxygens (including phenoxy) is 2. The highest BCUT2D eigenvalue weighted by Crippen LogP contribution is 2.36. The van der Waals surface area contributed by atoms with Gasteiger partial charge < -0.3 is 19.3 Å². The summed E-state index contributed by atoms with van der Waals surface area (Å²) in [4.78, 5) is 25.3. The number of hydrogen-bond acceptors (Lipinski definition) is 8. The average Bonchev–Trinajstić information content (AvgIpc) is 2.90. The first-order valence-electron chi connectivity index (χ1n) is 11.8. The van der Waals surface area contributed by atoms with Crippen LogP contribution < -0.4 is 18.7 Å². The number of rotatable bonds is 11. The number of halogens is 1. The molecule has 0 saturated heterocycles. The molecule has 0 bridgehead atoms. The molecule has 1 aromatic heterocycles. The second kappa shape index (κ2) is 12.3. The van der Waals surface area contributed by atoms with Gasteiger partial charge in [0, 0.05) is 38.6 Å². The van der Waals surface area contributed by atoms with Crippen LogP contribution in [-0.4, -0.2) is 70.6 Å². The molecular formula is C26H32ClN5O5S. The van der Waals surface area contributed by atoms with Gasteiger partial charge in [0.15, 0.2) is 11.5 Å². The van der Waals surface area contributed by atoms with Gasteiger partial charge in [0.2, 0.25) is 5.91 Å². The Morgan fingerprint density at radius 1 is 1.00 bits per heavy atom. The predicted molar refractivity (Wildman–Crippen MR) is 148 cm³/mol. The lowest BCUT2D eigenvalue weighted by Crippen LogP contribution is -2.43. The Bertz CT molecular complexity index is 1380. The normalized spacial score (nSPS) is 11.1. The molecule has 12 heteroatoms. The summed E-state index contributed by atoms with van der Waals surface area (Å²) in [6.07, 6.45) is 3.22. The number of methoxy groups -OCH3 is 2. The molecule has 0 spiro atoms. The SMILES string of the molecule is CCN(Cc1cnc(C)cn1)C(=O)CN(c1cc(N(C)C)ccc1Cl)S(=O)(=O)c1ccc(OC)c(OC)c1. The number of amides is 1. The monoisotopic (exact) mass is 561 g/mol. The summed E-state index contributed by atoms with van der Waals surface area (Å²) in [7, 11) is 2.26. The van der Waals surface area contributed by atoms with Crippen molar-refractivity contribution >= 4 is 38.9 Å². The summed E-state index contributed by atoms with van der Waals surface area (Å²) >= 11 is 6.52. The topological polar surface area (TPSA) is 105 Å². The first kappa shape index (κ1) is 29.0. The van der Waals surface area contributed by atoms with Gasteiger partial charge in [-0.25, -0.2) is 8.42 Å². The molecule has 0 atom stereocenters. The molecule has 0 radical (unpaired) electrons. The van der Waals surface area contributed by atoms with Crippen molar-refractivity contribution in [1.82, 2.24) is 14.9 Å². The van der Waals surface area contributed by atoms with Crippen LogP contribution in [0.2, 0.25) is 5.02 Å². The van der Waals surface area contributed by atoms with E-state index in [4.69, 9.17) is 21.1 Å². The lowest BCUT2D eigenvalue weighted by molar-refractivity contribution is -0.130. The molecular weight excluding hydrogens is 530 g/mol. The van der Waals surface area contributed by atoms with Crippen LogP contribution in [0.1, 0.15) is 18.3 Å². The third kappa shape index (κ3) is 6.46. The highest BCUT2D eigenvalue weighted by atomic mass is 35.5. The number of likely N-dealkylation sites (N-methyl/N-ethyl adjacent to an activating group) is 1. The lowest BCUT2D eigenvalue weighted by atomic mass is 10.2. The maximum Gasteiger partial charge on any atom is 0.264 e. The molecule has 0 aliphatic heterocycles. The van der Waals surface area contributed by atoms with Crippen LogP contribution >= 0.6 is 11.6 Å². The van der Waals surface area contributed by atoms with E-state index in [0.29, 0.717) is 23.7 Å². The van der Waals surface area contributed by atoms with E-state index >= 15 is 0 Å². The summed E-state index contributed by atoms with van der Waals surface area (Å²) in [6.45, 7) is 3.66. The van der Waals surface area contributed by atoms with Crippen LogP contribution in [0.3, 0.4) is 0 Å². The zero-order chi connectivity index (χ0) is 28.0. The van der Waals surface area contributed by atoms with E-state index < -0.39 is 22.5 Å². The Hall–Kier alpha value is -3.57. The molecule has 0 saturated carbocycles. The Kier molecular flexibility index (Phi) is 9.40. The van der Waals surface area contributed by atoms with Crippen LogP contribution in [0.25, 0.3) is 0 Å². The molecule has 3 aromatic rings. The molecule has 2 aromatic carbocycles. The second-order valence-corrected chi connectivity index (χ2v) is 10.9. The first-order chi connectivity index (χ1) is 18.0. The summed E-state index contributed by atoms with van der Waals surface area (Å²) in [5.74, 6) is 0.185. The minimum Gasteiger partial charge on any atom is -0.493 e. The van der Waals surface area contributed by atoms with Crippen molar-refractivity contribution in [2.75, 3.05) is 50.6 Å². The number of hydrogen-bond donors (Lipinski definition) is 0. The van der Waals surface area contributed by atoms with Crippen molar-refractivity contribution in [2.45, 2.75) is 25.3 Å². The number of aromatic nitrogens is 2. The Balaban J connectivity index is 2.08. The number of nitrogens with zero attached hydrogens (tertiary/aromatic N) is 5. The fourth-order valence-corrected chi connectivity index (χ4v) is 5.38. The third-order valence-electron chi connectivity index (χ3n) is 5.86. The molecule has 0 aliphatic carbocycles. The van der Waals surface area contributed by atoms with E-state index in [2.05, 4.69) is 9.97 Å². The largest absolute Gasteiger partial charge is 0.493 e. The maximum atomic E-state index is 14.0. The molecule has 10 nitrogen and oxygen atoms in total. The molecule has 204 valence electrons. The Morgan fingerprint density at radius 3 is 2.29 bits per heavy atom. The molecule has 0 unspecified atom stereocenters. The molecule has 1 amide bonds. The van der Waals surface area contributed by atoms with Crippen molar-refractivity contribution < 1.29 is 22.7 Å². The van der Waals surface area contributed by atoms with Gasteiger partial charge >= 0.3 is 0 Å². The lowest BCUT2D eigenvalue weighted by Gasteiger charge is -2.29. The molecule has 38 heavy (non-hydrogen) atoms. The second-order valence-electron chi connectivity index (χ2n) is 8.62. The van der Waals surface area contributed by atoms with Crippen molar-refractivity contribution in [3.63, 3.8) is 0 Å². The molecule has 0 aliphatic rings. The van der Waals surface area contributed by atoms with Gasteiger partial charge in [0.1, 0.15) is 6.54 Å². The van der Waals surface area contributed by atoms with Crippen LogP contribution in [0.5, 0.6) is 11.5 Å². The Labute approximate surface area is 228 Å². The summed E-state index contributed by atoms with van der Waals surface area (Å²) in [5, 5.41) is 0.180. The van der Waals surface area contributed by atoms with Crippen LogP contribution in [0, 0.1) is 6.92 Å². The zero-order valence-electron chi connectivity index (χ0n) is 22.3. The smallest absolute Gasteiger partial charge is 0.264 e. The highest BCUT2D eigenvalue weighted by molar-refractivity contribution is 7.92. The third-order valence-corrected chi connectivity index (χ3v) is 7.93. The van der Waals surface area contributed by atoms with Gasteiger partial charge in [-0.3, -0.25) is 19.1 Å². The van der Waals surface area contributed by atoms with E-state index in [1.54, 1.807) is 30.6 Å². The molecule has 0 fully saturated rings. The van der Waals surface area contributed by atoms with Crippen molar-refractivity contribution in [2.24, 2.45) is 0 Å². The van der Waals surface area contributed by atoms with Gasteiger partial charge in [-0.1, -0.05) is 11.6 Å². The Morgan fingerprint density at radius 2 is 1.71 bits per heavy atom. The number of carbonyl (C=O) groups excluding carboxylic acids is 1. The number of anilines is 2. The van der Waals surface area contributed by atoms with Crippen LogP contribution in [0.4, 0.5) is 11.4 Å². The summed E-state index contributed by atoms with van der Waals surface area (Å²) in [6, 6.07) is 9.26. The number of carbonyl (C=O) groups is 1. The van der Waals surface area contributed by atoms with Gasteiger partial charge in [0.25, 0.3) is 10.0 Å². The van der Waals surface area contributed by atoms with Gasteiger partial charge in [-0.05, 0) is 44.2 Å². The predicted octanol–water partition coefficient (Wildman–Crippen LogP) is 3.77. The van der Waals surface area contributed by atoms with Crippen molar-refractivity contribution in [1.29, 1.82) is 0 Å². The van der Waals surface area contributed by atoms with Crippen LogP contribution in [-0.2, 0) is 21.4 Å². The number of sulfonamides is 1. The van der Waals surface area contributed by atoms with E-state index in [0.717, 1.165) is 10.00 Å². The average molecular weight is 562 g/mol. The summed E-state index contributed by atoms with van der Waals surface area (Å²) < 4.78 is 39.7. The fourth-order valence-electron chi connectivity index (χ4n) is 3.67. The van der Waals surface area contributed by atoms with Gasteiger partial charge in [0.05, 0.1) is 54.0 Å². The van der Waals surface area contributed by atoms with Gasteiger partial charge in [-0.2, -0.15) is 0 Å². The van der Waals surface area contributed by atoms with E-state index in [1.807, 2.05) is 32.8 Å². The minimum atomic E-state index is -4.27. The fraction of sp³-hybridized carbons (Fsp3) is 0.346. The number of benzene rings is 2. The van der Waals surface area contributed by atoms with Gasteiger partial charge in [-0.15, -0.1) is 0 Å². The molecule has 1 heterocycles. The van der Waals surface area contributed by atoms with Crippen molar-refractivity contribution in [3.8, 4) is 11.5 Å². The van der Waals surface area contributed by atoms with E-state index in [-0.39, 0.29) is 27.9 Å². The summed E-state index contributed by atoms with van der Waals surface area (Å²) in [5.41, 5.74) is 2.23. The minimum absolute atomic E-state index is 0.0817. The quantitative estimate of drug-likeness (QED) is 0.348. The van der Waals surface area contributed by atoms with Crippen molar-refractivity contribution in [3.05, 3.63) is 65.2 Å². The van der Waals surface area contributed by atoms with Crippen LogP contribution in [0.15, 0.2) is 53.7 Å². The first-order valence-corrected chi connectivity index (χ1v) is 13.6. The zero-order valence-corrected chi connectivity index (χ0v) is 23.9. The number of aryl methyl sites for hydroxylation is 1. The van der Waals surface area contributed by atoms with E-state index in [1.165, 1.54) is 37.3 Å². The maximum absolute atomic E-state index is 14.0. The van der Waals surface area contributed by atoms with E-state index in [9.17, 15) is 13.2 Å². The standard InChI is InChI=1S/C26H32ClN5O5S/c1-7-31(16-19-15-28-18(2)14-29-19)26(33)17-32(23-12-20(30(3)4)8-10-22(23)27)38(34,35)21-9-11-24(36-5)25(13-21)37-6/h8-15H,7,16-17H2,1-6H3. The molecule has 3 rings (SSSR count). The highest BCUT2D eigenvalue weighted by Gasteiger charge is 2.31. The molecule has 0 N–H and O–H groups in total.